The highest BCUT2D eigenvalue weighted by Crippen LogP contribution is 2.01. The van der Waals surface area contributed by atoms with Crippen LogP contribution in [0.5, 0.6) is 0 Å². The van der Waals surface area contributed by atoms with Gasteiger partial charge in [-0.15, -0.1) is 0 Å². The van der Waals surface area contributed by atoms with Gasteiger partial charge in [-0.1, -0.05) is 29.7 Å². The van der Waals surface area contributed by atoms with Crippen LogP contribution >= 0.6 is 0 Å². The van der Waals surface area contributed by atoms with Crippen molar-refractivity contribution < 1.29 is 9.53 Å². The van der Waals surface area contributed by atoms with Gasteiger partial charge in [-0.25, -0.2) is 0 Å². The molecule has 0 saturated heterocycles. The smallest absolute Gasteiger partial charge is 0.322 e. The van der Waals surface area contributed by atoms with Gasteiger partial charge in [0.15, 0.2) is 0 Å². The molecule has 1 aromatic carbocycles. The molecule has 2 N–H and O–H groups in total. The fourth-order valence-electron chi connectivity index (χ4n) is 1.21. The standard InChI is InChI=1S/C10H14BNO2/c1-14-10(13)9(12)6-7-2-4-8(11)5-3-7/h2-5,9H,6,11-12H2,1H3/t9-/m0/s1. The largest absolute Gasteiger partial charge is 0.468 e. The van der Waals surface area contributed by atoms with Crippen LogP contribution in [0.1, 0.15) is 5.56 Å². The van der Waals surface area contributed by atoms with Crippen LogP contribution in [0.3, 0.4) is 0 Å². The molecule has 0 radical (unpaired) electrons. The number of benzene rings is 1. The number of ether oxygens (including phenoxy) is 1. The maximum Gasteiger partial charge on any atom is 0.322 e. The molecular formula is C10H14BNO2. The van der Waals surface area contributed by atoms with Gasteiger partial charge in [0.05, 0.1) is 7.11 Å². The summed E-state index contributed by atoms with van der Waals surface area (Å²) in [6.07, 6.45) is 0.521. The number of esters is 1. The lowest BCUT2D eigenvalue weighted by atomic mass is 9.94. The van der Waals surface area contributed by atoms with Crippen LogP contribution in [0, 0.1) is 0 Å². The van der Waals surface area contributed by atoms with Gasteiger partial charge < -0.3 is 10.5 Å². The first-order valence-electron chi connectivity index (χ1n) is 4.52. The predicted molar refractivity (Wildman–Crippen MR) is 58.3 cm³/mol. The van der Waals surface area contributed by atoms with E-state index in [1.54, 1.807) is 0 Å². The minimum Gasteiger partial charge on any atom is -0.468 e. The molecule has 0 amide bonds. The third kappa shape index (κ3) is 2.89. The normalized spacial score (nSPS) is 12.1. The molecule has 14 heavy (non-hydrogen) atoms. The van der Waals surface area contributed by atoms with Crippen LogP contribution in [0.2, 0.25) is 0 Å². The molecule has 1 rings (SSSR count). The number of hydrogen-bond donors (Lipinski definition) is 1. The Hall–Kier alpha value is -1.29. The Labute approximate surface area is 84.7 Å². The van der Waals surface area contributed by atoms with Crippen LogP contribution in [0.4, 0.5) is 0 Å². The zero-order chi connectivity index (χ0) is 10.6. The van der Waals surface area contributed by atoms with Crippen LogP contribution < -0.4 is 11.2 Å². The number of carbonyl (C=O) groups is 1. The minimum atomic E-state index is -0.567. The quantitative estimate of drug-likeness (QED) is 0.491. The molecule has 4 heteroatoms. The second-order valence-electron chi connectivity index (χ2n) is 3.32. The monoisotopic (exact) mass is 191 g/mol. The Morgan fingerprint density at radius 2 is 2.07 bits per heavy atom. The molecule has 0 saturated carbocycles. The summed E-state index contributed by atoms with van der Waals surface area (Å²) in [6.45, 7) is 0. The van der Waals surface area contributed by atoms with Gasteiger partial charge in [-0.3, -0.25) is 4.79 Å². The Balaban J connectivity index is 2.60. The van der Waals surface area contributed by atoms with E-state index in [1.807, 2.05) is 32.1 Å². The summed E-state index contributed by atoms with van der Waals surface area (Å²) in [5.41, 5.74) is 7.87. The Kier molecular flexibility index (Phi) is 3.71. The van der Waals surface area contributed by atoms with E-state index in [0.29, 0.717) is 6.42 Å². The zero-order valence-corrected chi connectivity index (χ0v) is 8.49. The second kappa shape index (κ2) is 4.81. The van der Waals surface area contributed by atoms with Gasteiger partial charge in [0, 0.05) is 0 Å². The van der Waals surface area contributed by atoms with Gasteiger partial charge in [0.25, 0.3) is 0 Å². The fraction of sp³-hybridized carbons (Fsp3) is 0.300. The maximum absolute atomic E-state index is 11.0. The molecular weight excluding hydrogens is 177 g/mol. The summed E-state index contributed by atoms with van der Waals surface area (Å²) in [6, 6.07) is 7.37. The fourth-order valence-corrected chi connectivity index (χ4v) is 1.21. The number of nitrogens with two attached hydrogens (primary N) is 1. The Morgan fingerprint density at radius 3 is 2.57 bits per heavy atom. The second-order valence-corrected chi connectivity index (χ2v) is 3.32. The first-order chi connectivity index (χ1) is 6.63. The van der Waals surface area contributed by atoms with E-state index in [0.717, 1.165) is 5.56 Å². The predicted octanol–water partition coefficient (Wildman–Crippen LogP) is -1.01. The lowest BCUT2D eigenvalue weighted by Crippen LogP contribution is -2.33. The SMILES string of the molecule is Bc1ccc(C[C@H](N)C(=O)OC)cc1. The van der Waals surface area contributed by atoms with Gasteiger partial charge in [-0.05, 0) is 12.0 Å². The van der Waals surface area contributed by atoms with Crippen LogP contribution in [-0.4, -0.2) is 27.0 Å². The lowest BCUT2D eigenvalue weighted by Gasteiger charge is -2.08. The molecule has 1 atom stereocenters. The summed E-state index contributed by atoms with van der Waals surface area (Å²) in [5, 5.41) is 0. The number of rotatable bonds is 3. The van der Waals surface area contributed by atoms with Crippen molar-refractivity contribution in [2.24, 2.45) is 5.73 Å². The van der Waals surface area contributed by atoms with Gasteiger partial charge >= 0.3 is 5.97 Å². The molecule has 0 bridgehead atoms. The van der Waals surface area contributed by atoms with Crippen LogP contribution in [-0.2, 0) is 16.0 Å². The van der Waals surface area contributed by atoms with Crippen molar-refractivity contribution in [2.45, 2.75) is 12.5 Å². The van der Waals surface area contributed by atoms with Crippen LogP contribution in [0.15, 0.2) is 24.3 Å². The molecule has 74 valence electrons. The third-order valence-electron chi connectivity index (χ3n) is 2.08. The van der Waals surface area contributed by atoms with Crippen molar-refractivity contribution >= 4 is 19.3 Å². The van der Waals surface area contributed by atoms with E-state index in [-0.39, 0.29) is 5.97 Å². The molecule has 0 aromatic heterocycles. The van der Waals surface area contributed by atoms with E-state index in [2.05, 4.69) is 4.74 Å². The molecule has 0 aliphatic rings. The highest BCUT2D eigenvalue weighted by molar-refractivity contribution is 6.32. The minimum absolute atomic E-state index is 0.370. The zero-order valence-electron chi connectivity index (χ0n) is 8.49. The molecule has 0 aliphatic carbocycles. The molecule has 1 aromatic rings. The van der Waals surface area contributed by atoms with Crippen molar-refractivity contribution in [1.29, 1.82) is 0 Å². The average molecular weight is 191 g/mol. The van der Waals surface area contributed by atoms with Crippen molar-refractivity contribution in [3.8, 4) is 0 Å². The van der Waals surface area contributed by atoms with Gasteiger partial charge in [0.2, 0.25) is 0 Å². The maximum atomic E-state index is 11.0. The van der Waals surface area contributed by atoms with E-state index in [9.17, 15) is 4.79 Å². The Morgan fingerprint density at radius 1 is 1.50 bits per heavy atom. The Bertz CT molecular complexity index is 310. The molecule has 0 aliphatic heterocycles. The lowest BCUT2D eigenvalue weighted by molar-refractivity contribution is -0.142. The first-order valence-corrected chi connectivity index (χ1v) is 4.52. The van der Waals surface area contributed by atoms with Gasteiger partial charge in [-0.2, -0.15) is 0 Å². The summed E-state index contributed by atoms with van der Waals surface area (Å²) in [5.74, 6) is -0.370. The summed E-state index contributed by atoms with van der Waals surface area (Å²) in [4.78, 5) is 11.0. The number of methoxy groups -OCH3 is 1. The summed E-state index contributed by atoms with van der Waals surface area (Å²) >= 11 is 0. The van der Waals surface area contributed by atoms with E-state index in [1.165, 1.54) is 12.6 Å². The summed E-state index contributed by atoms with van der Waals surface area (Å²) < 4.78 is 4.54. The van der Waals surface area contributed by atoms with Crippen molar-refractivity contribution in [3.05, 3.63) is 29.8 Å². The number of carbonyl (C=O) groups excluding carboxylic acids is 1. The first kappa shape index (κ1) is 10.8. The van der Waals surface area contributed by atoms with Crippen molar-refractivity contribution in [1.82, 2.24) is 0 Å². The molecule has 0 spiro atoms. The highest BCUT2D eigenvalue weighted by Gasteiger charge is 2.13. The van der Waals surface area contributed by atoms with Crippen LogP contribution in [0.25, 0.3) is 0 Å². The van der Waals surface area contributed by atoms with E-state index < -0.39 is 6.04 Å². The molecule has 0 heterocycles. The average Bonchev–Trinajstić information content (AvgIpc) is 2.20. The molecule has 0 fully saturated rings. The molecule has 3 nitrogen and oxygen atoms in total. The topological polar surface area (TPSA) is 52.3 Å². The summed E-state index contributed by atoms with van der Waals surface area (Å²) in [7, 11) is 3.36. The van der Waals surface area contributed by atoms with E-state index >= 15 is 0 Å². The molecule has 0 unspecified atom stereocenters. The number of hydrogen-bond acceptors (Lipinski definition) is 3. The van der Waals surface area contributed by atoms with Crippen molar-refractivity contribution in [3.63, 3.8) is 0 Å². The van der Waals surface area contributed by atoms with E-state index in [4.69, 9.17) is 5.73 Å². The van der Waals surface area contributed by atoms with Gasteiger partial charge in [0.1, 0.15) is 13.9 Å². The third-order valence-corrected chi connectivity index (χ3v) is 2.08. The highest BCUT2D eigenvalue weighted by atomic mass is 16.5. The van der Waals surface area contributed by atoms with Crippen molar-refractivity contribution in [2.75, 3.05) is 7.11 Å².